The van der Waals surface area contributed by atoms with Crippen molar-refractivity contribution in [3.05, 3.63) is 59.2 Å². The van der Waals surface area contributed by atoms with E-state index in [-0.39, 0.29) is 5.60 Å². The van der Waals surface area contributed by atoms with Gasteiger partial charge in [-0.2, -0.15) is 0 Å². The van der Waals surface area contributed by atoms with E-state index in [1.165, 1.54) is 0 Å². The van der Waals surface area contributed by atoms with Crippen LogP contribution in [0, 0.1) is 0 Å². The Labute approximate surface area is 125 Å². The molecule has 1 aliphatic heterocycles. The molecule has 1 aliphatic rings. The maximum atomic E-state index is 10.8. The van der Waals surface area contributed by atoms with Gasteiger partial charge in [-0.05, 0) is 25.5 Å². The van der Waals surface area contributed by atoms with Crippen molar-refractivity contribution >= 4 is 0 Å². The summed E-state index contributed by atoms with van der Waals surface area (Å²) in [6.07, 6.45) is 0.0967. The number of ether oxygens (including phenoxy) is 2. The van der Waals surface area contributed by atoms with E-state index >= 15 is 0 Å². The Bertz CT molecular complexity index is 661. The number of aliphatic hydroxyl groups is 1. The molecule has 1 heterocycles. The van der Waals surface area contributed by atoms with Crippen LogP contribution in [0.3, 0.4) is 0 Å². The summed E-state index contributed by atoms with van der Waals surface area (Å²) in [5, 5.41) is 10.8. The highest BCUT2D eigenvalue weighted by atomic mass is 16.5. The molecule has 0 radical (unpaired) electrons. The second-order valence-corrected chi connectivity index (χ2v) is 6.02. The molecule has 21 heavy (non-hydrogen) atoms. The first-order valence-corrected chi connectivity index (χ1v) is 7.13. The van der Waals surface area contributed by atoms with Gasteiger partial charge in [0.1, 0.15) is 23.2 Å². The number of hydrogen-bond donors (Lipinski definition) is 1. The van der Waals surface area contributed by atoms with E-state index in [4.69, 9.17) is 9.47 Å². The predicted molar refractivity (Wildman–Crippen MR) is 81.9 cm³/mol. The topological polar surface area (TPSA) is 38.7 Å². The van der Waals surface area contributed by atoms with E-state index in [1.807, 2.05) is 36.4 Å². The van der Waals surface area contributed by atoms with Crippen LogP contribution >= 0.6 is 0 Å². The van der Waals surface area contributed by atoms with Gasteiger partial charge in [0, 0.05) is 17.5 Å². The molecular weight excluding hydrogens is 264 g/mol. The summed E-state index contributed by atoms with van der Waals surface area (Å²) in [7, 11) is 1.61. The molecule has 3 nitrogen and oxygen atoms in total. The molecule has 0 amide bonds. The van der Waals surface area contributed by atoms with Crippen LogP contribution in [0.5, 0.6) is 11.5 Å². The number of para-hydroxylation sites is 2. The van der Waals surface area contributed by atoms with E-state index < -0.39 is 6.10 Å². The minimum absolute atomic E-state index is 0.223. The van der Waals surface area contributed by atoms with Crippen LogP contribution in [-0.4, -0.2) is 17.8 Å². The minimum Gasteiger partial charge on any atom is -0.496 e. The van der Waals surface area contributed by atoms with Gasteiger partial charge in [-0.1, -0.05) is 36.4 Å². The van der Waals surface area contributed by atoms with Crippen molar-refractivity contribution in [2.45, 2.75) is 32.0 Å². The molecule has 1 unspecified atom stereocenters. The second-order valence-electron chi connectivity index (χ2n) is 6.02. The fourth-order valence-corrected chi connectivity index (χ4v) is 2.91. The van der Waals surface area contributed by atoms with Gasteiger partial charge in [0.05, 0.1) is 7.11 Å². The molecule has 0 aromatic heterocycles. The van der Waals surface area contributed by atoms with Crippen LogP contribution < -0.4 is 9.47 Å². The zero-order valence-corrected chi connectivity index (χ0v) is 12.6. The summed E-state index contributed by atoms with van der Waals surface area (Å²) in [5.74, 6) is 1.49. The molecule has 3 rings (SSSR count). The highest BCUT2D eigenvalue weighted by molar-refractivity contribution is 5.51. The van der Waals surface area contributed by atoms with Crippen LogP contribution in [0.15, 0.2) is 42.5 Å². The minimum atomic E-state index is -0.759. The number of fused-ring (bicyclic) bond motifs is 1. The van der Waals surface area contributed by atoms with Crippen molar-refractivity contribution in [1.82, 2.24) is 0 Å². The summed E-state index contributed by atoms with van der Waals surface area (Å²) in [4.78, 5) is 0. The number of benzene rings is 2. The van der Waals surface area contributed by atoms with Crippen molar-refractivity contribution in [2.24, 2.45) is 0 Å². The van der Waals surface area contributed by atoms with E-state index in [2.05, 4.69) is 19.9 Å². The monoisotopic (exact) mass is 284 g/mol. The smallest absolute Gasteiger partial charge is 0.129 e. The summed E-state index contributed by atoms with van der Waals surface area (Å²) >= 11 is 0. The quantitative estimate of drug-likeness (QED) is 0.937. The molecule has 0 fully saturated rings. The van der Waals surface area contributed by atoms with Crippen molar-refractivity contribution in [1.29, 1.82) is 0 Å². The molecule has 0 spiro atoms. The number of rotatable bonds is 3. The van der Waals surface area contributed by atoms with Gasteiger partial charge in [0.15, 0.2) is 0 Å². The summed E-state index contributed by atoms with van der Waals surface area (Å²) in [6.45, 7) is 4.12. The lowest BCUT2D eigenvalue weighted by atomic mass is 9.96. The lowest BCUT2D eigenvalue weighted by molar-refractivity contribution is 0.131. The van der Waals surface area contributed by atoms with E-state index in [1.54, 1.807) is 7.11 Å². The molecule has 1 atom stereocenters. The molecule has 110 valence electrons. The van der Waals surface area contributed by atoms with Crippen molar-refractivity contribution < 1.29 is 14.6 Å². The van der Waals surface area contributed by atoms with Gasteiger partial charge in [0.2, 0.25) is 0 Å². The molecule has 2 aromatic rings. The fraction of sp³-hybridized carbons (Fsp3) is 0.333. The zero-order chi connectivity index (χ0) is 15.0. The van der Waals surface area contributed by atoms with Crippen molar-refractivity contribution in [3.63, 3.8) is 0 Å². The third-order valence-electron chi connectivity index (χ3n) is 3.85. The van der Waals surface area contributed by atoms with Crippen molar-refractivity contribution in [2.75, 3.05) is 7.11 Å². The van der Waals surface area contributed by atoms with Crippen LogP contribution in [0.2, 0.25) is 0 Å². The Kier molecular flexibility index (Phi) is 3.38. The van der Waals surface area contributed by atoms with Crippen LogP contribution in [0.1, 0.15) is 36.6 Å². The maximum absolute atomic E-state index is 10.8. The van der Waals surface area contributed by atoms with Gasteiger partial charge in [0.25, 0.3) is 0 Å². The van der Waals surface area contributed by atoms with Gasteiger partial charge in [-0.25, -0.2) is 0 Å². The Hall–Kier alpha value is -2.00. The van der Waals surface area contributed by atoms with Gasteiger partial charge < -0.3 is 14.6 Å². The average molecular weight is 284 g/mol. The molecule has 1 N–H and O–H groups in total. The summed E-state index contributed by atoms with van der Waals surface area (Å²) in [5.41, 5.74) is 2.47. The lowest BCUT2D eigenvalue weighted by Crippen LogP contribution is -2.25. The third-order valence-corrected chi connectivity index (χ3v) is 3.85. The highest BCUT2D eigenvalue weighted by Gasteiger charge is 2.33. The Morgan fingerprint density at radius 3 is 2.57 bits per heavy atom. The Morgan fingerprint density at radius 1 is 1.10 bits per heavy atom. The van der Waals surface area contributed by atoms with Crippen LogP contribution in [0.25, 0.3) is 0 Å². The zero-order valence-electron chi connectivity index (χ0n) is 12.6. The molecular formula is C18H20O3. The normalized spacial score (nSPS) is 17.0. The average Bonchev–Trinajstić information content (AvgIpc) is 2.80. The van der Waals surface area contributed by atoms with E-state index in [0.29, 0.717) is 5.75 Å². The number of methoxy groups -OCH3 is 1. The molecule has 2 aromatic carbocycles. The van der Waals surface area contributed by atoms with Gasteiger partial charge in [-0.15, -0.1) is 0 Å². The first-order chi connectivity index (χ1) is 10.0. The molecule has 0 aliphatic carbocycles. The predicted octanol–water partition coefficient (Wildman–Crippen LogP) is 3.49. The Morgan fingerprint density at radius 2 is 1.81 bits per heavy atom. The lowest BCUT2D eigenvalue weighted by Gasteiger charge is -2.21. The number of aliphatic hydroxyl groups excluding tert-OH is 1. The standard InChI is InChI=1S/C18H20O3/c1-18(2)11-12-7-6-9-14(17(12)21-18)16(19)13-8-4-5-10-15(13)20-3/h4-10,16,19H,11H2,1-3H3. The summed E-state index contributed by atoms with van der Waals surface area (Å²) in [6, 6.07) is 13.5. The van der Waals surface area contributed by atoms with E-state index in [9.17, 15) is 5.11 Å². The number of hydrogen-bond acceptors (Lipinski definition) is 3. The molecule has 0 bridgehead atoms. The third kappa shape index (κ3) is 2.49. The SMILES string of the molecule is COc1ccccc1C(O)c1cccc2c1OC(C)(C)C2. The fourth-order valence-electron chi connectivity index (χ4n) is 2.91. The summed E-state index contributed by atoms with van der Waals surface area (Å²) < 4.78 is 11.4. The Balaban J connectivity index is 2.05. The van der Waals surface area contributed by atoms with E-state index in [0.717, 1.165) is 28.9 Å². The van der Waals surface area contributed by atoms with Crippen LogP contribution in [0.4, 0.5) is 0 Å². The first-order valence-electron chi connectivity index (χ1n) is 7.13. The van der Waals surface area contributed by atoms with Gasteiger partial charge >= 0.3 is 0 Å². The largest absolute Gasteiger partial charge is 0.496 e. The second kappa shape index (κ2) is 5.08. The van der Waals surface area contributed by atoms with Crippen LogP contribution in [-0.2, 0) is 6.42 Å². The molecule has 3 heteroatoms. The molecule has 0 saturated carbocycles. The maximum Gasteiger partial charge on any atom is 0.129 e. The highest BCUT2D eigenvalue weighted by Crippen LogP contribution is 2.42. The first kappa shape index (κ1) is 14.0. The van der Waals surface area contributed by atoms with Gasteiger partial charge in [-0.3, -0.25) is 0 Å². The molecule has 0 saturated heterocycles. The van der Waals surface area contributed by atoms with Crippen molar-refractivity contribution in [3.8, 4) is 11.5 Å².